The topological polar surface area (TPSA) is 38.1 Å². The second kappa shape index (κ2) is 7.84. The van der Waals surface area contributed by atoms with Gasteiger partial charge in [0.15, 0.2) is 0 Å². The summed E-state index contributed by atoms with van der Waals surface area (Å²) in [6, 6.07) is 8.72. The Morgan fingerprint density at radius 3 is 2.60 bits per heavy atom. The zero-order valence-electron chi connectivity index (χ0n) is 18.1. The molecular formula is C25H31N3OS. The number of likely N-dealkylation sites (tertiary alicyclic amines) is 1. The SMILES string of the molecule is Cc1cc2ncn(CC3CCN(C(=O)C4(c5cccs5)CCCC4)CC3)c2cc1C. The van der Waals surface area contributed by atoms with E-state index in [9.17, 15) is 4.79 Å². The van der Waals surface area contributed by atoms with E-state index in [4.69, 9.17) is 0 Å². The van der Waals surface area contributed by atoms with Crippen LogP contribution in [0.15, 0.2) is 36.0 Å². The van der Waals surface area contributed by atoms with Gasteiger partial charge in [0.05, 0.1) is 22.8 Å². The number of fused-ring (bicyclic) bond motifs is 1. The van der Waals surface area contributed by atoms with Gasteiger partial charge in [0, 0.05) is 24.5 Å². The van der Waals surface area contributed by atoms with Crippen LogP contribution in [-0.2, 0) is 16.8 Å². The van der Waals surface area contributed by atoms with Crippen molar-refractivity contribution in [2.45, 2.75) is 64.3 Å². The van der Waals surface area contributed by atoms with Crippen LogP contribution in [0, 0.1) is 19.8 Å². The van der Waals surface area contributed by atoms with Crippen molar-refractivity contribution < 1.29 is 4.79 Å². The van der Waals surface area contributed by atoms with E-state index in [1.54, 1.807) is 11.3 Å². The molecule has 3 aromatic rings. The van der Waals surface area contributed by atoms with E-state index in [0.717, 1.165) is 50.8 Å². The zero-order valence-corrected chi connectivity index (χ0v) is 18.9. The van der Waals surface area contributed by atoms with Gasteiger partial charge in [-0.2, -0.15) is 0 Å². The van der Waals surface area contributed by atoms with Gasteiger partial charge >= 0.3 is 0 Å². The van der Waals surface area contributed by atoms with E-state index in [1.807, 2.05) is 6.33 Å². The first-order chi connectivity index (χ1) is 14.6. The van der Waals surface area contributed by atoms with Crippen molar-refractivity contribution >= 4 is 28.3 Å². The Hall–Kier alpha value is -2.14. The number of hydrogen-bond donors (Lipinski definition) is 0. The van der Waals surface area contributed by atoms with Crippen LogP contribution in [0.5, 0.6) is 0 Å². The number of nitrogens with zero attached hydrogens (tertiary/aromatic N) is 3. The standard InChI is InChI=1S/C25H31N3OS/c1-18-14-21-22(15-19(18)2)28(17-26-21)16-20-7-11-27(12-8-20)24(29)25(9-3-4-10-25)23-6-5-13-30-23/h5-6,13-15,17,20H,3-4,7-12,16H2,1-2H3. The molecule has 5 rings (SSSR count). The van der Waals surface area contributed by atoms with Crippen LogP contribution in [0.4, 0.5) is 0 Å². The van der Waals surface area contributed by atoms with Crippen molar-refractivity contribution in [2.75, 3.05) is 13.1 Å². The molecule has 1 saturated heterocycles. The van der Waals surface area contributed by atoms with Gasteiger partial charge in [-0.15, -0.1) is 11.3 Å². The number of thiophene rings is 1. The average molecular weight is 422 g/mol. The van der Waals surface area contributed by atoms with Crippen molar-refractivity contribution in [2.24, 2.45) is 5.92 Å². The monoisotopic (exact) mass is 421 g/mol. The number of benzene rings is 1. The third-order valence-corrected chi connectivity index (χ3v) is 8.53. The molecule has 2 aromatic heterocycles. The first-order valence-electron chi connectivity index (χ1n) is 11.3. The Balaban J connectivity index is 1.27. The zero-order chi connectivity index (χ0) is 20.7. The molecular weight excluding hydrogens is 390 g/mol. The molecule has 158 valence electrons. The molecule has 1 aromatic carbocycles. The number of carbonyl (C=O) groups is 1. The largest absolute Gasteiger partial charge is 0.342 e. The highest BCUT2D eigenvalue weighted by Gasteiger charge is 2.46. The number of imidazole rings is 1. The normalized spacial score (nSPS) is 19.6. The van der Waals surface area contributed by atoms with Gasteiger partial charge in [-0.3, -0.25) is 4.79 Å². The van der Waals surface area contributed by atoms with Gasteiger partial charge in [-0.1, -0.05) is 18.9 Å². The van der Waals surface area contributed by atoms with Gasteiger partial charge in [0.2, 0.25) is 5.91 Å². The molecule has 4 nitrogen and oxygen atoms in total. The Kier molecular flexibility index (Phi) is 5.18. The second-order valence-corrected chi connectivity index (χ2v) is 10.3. The van der Waals surface area contributed by atoms with Crippen LogP contribution in [0.25, 0.3) is 11.0 Å². The molecule has 5 heteroatoms. The Morgan fingerprint density at radius 2 is 1.90 bits per heavy atom. The summed E-state index contributed by atoms with van der Waals surface area (Å²) in [4.78, 5) is 21.7. The lowest BCUT2D eigenvalue weighted by atomic mass is 9.82. The van der Waals surface area contributed by atoms with Crippen LogP contribution in [0.1, 0.15) is 54.5 Å². The lowest BCUT2D eigenvalue weighted by Crippen LogP contribution is -2.48. The number of aryl methyl sites for hydroxylation is 2. The minimum Gasteiger partial charge on any atom is -0.342 e. The van der Waals surface area contributed by atoms with Gasteiger partial charge in [-0.05, 0) is 80.2 Å². The van der Waals surface area contributed by atoms with Crippen LogP contribution in [0.2, 0.25) is 0 Å². The molecule has 1 aliphatic carbocycles. The molecule has 0 atom stereocenters. The first-order valence-corrected chi connectivity index (χ1v) is 12.2. The van der Waals surface area contributed by atoms with Crippen LogP contribution >= 0.6 is 11.3 Å². The quantitative estimate of drug-likeness (QED) is 0.561. The van der Waals surface area contributed by atoms with Crippen molar-refractivity contribution in [3.05, 3.63) is 52.0 Å². The summed E-state index contributed by atoms with van der Waals surface area (Å²) in [6.45, 7) is 7.09. The maximum atomic E-state index is 13.6. The molecule has 0 bridgehead atoms. The number of amides is 1. The van der Waals surface area contributed by atoms with Gasteiger partial charge in [0.25, 0.3) is 0 Å². The van der Waals surface area contributed by atoms with Crippen molar-refractivity contribution in [3.63, 3.8) is 0 Å². The summed E-state index contributed by atoms with van der Waals surface area (Å²) in [7, 11) is 0. The van der Waals surface area contributed by atoms with Crippen LogP contribution < -0.4 is 0 Å². The number of piperidine rings is 1. The third kappa shape index (κ3) is 3.37. The second-order valence-electron chi connectivity index (χ2n) is 9.32. The highest BCUT2D eigenvalue weighted by Crippen LogP contribution is 2.45. The maximum absolute atomic E-state index is 13.6. The minimum atomic E-state index is -0.239. The molecule has 1 amide bonds. The van der Waals surface area contributed by atoms with Gasteiger partial charge in [0.1, 0.15) is 0 Å². The fourth-order valence-corrected chi connectivity index (χ4v) is 6.43. The van der Waals surface area contributed by atoms with Crippen molar-refractivity contribution in [1.29, 1.82) is 0 Å². The average Bonchev–Trinajstić information content (AvgIpc) is 3.51. The summed E-state index contributed by atoms with van der Waals surface area (Å²) in [5.41, 5.74) is 4.70. The molecule has 1 saturated carbocycles. The highest BCUT2D eigenvalue weighted by atomic mass is 32.1. The maximum Gasteiger partial charge on any atom is 0.234 e. The summed E-state index contributed by atoms with van der Waals surface area (Å²) < 4.78 is 2.31. The van der Waals surface area contributed by atoms with E-state index in [-0.39, 0.29) is 5.41 Å². The van der Waals surface area contributed by atoms with Gasteiger partial charge < -0.3 is 9.47 Å². The molecule has 0 N–H and O–H groups in total. The Bertz CT molecular complexity index is 1040. The summed E-state index contributed by atoms with van der Waals surface area (Å²) in [5.74, 6) is 0.995. The summed E-state index contributed by atoms with van der Waals surface area (Å²) in [5, 5.41) is 2.12. The molecule has 2 aliphatic rings. The van der Waals surface area contributed by atoms with E-state index >= 15 is 0 Å². The van der Waals surface area contributed by atoms with E-state index in [1.165, 1.54) is 34.4 Å². The lowest BCUT2D eigenvalue weighted by molar-refractivity contribution is -0.138. The first kappa shape index (κ1) is 19.8. The lowest BCUT2D eigenvalue weighted by Gasteiger charge is -2.38. The molecule has 1 aliphatic heterocycles. The molecule has 0 unspecified atom stereocenters. The number of rotatable bonds is 4. The Labute approximate surface area is 182 Å². The fourth-order valence-electron chi connectivity index (χ4n) is 5.45. The smallest absolute Gasteiger partial charge is 0.234 e. The van der Waals surface area contributed by atoms with Crippen LogP contribution in [0.3, 0.4) is 0 Å². The number of aromatic nitrogens is 2. The van der Waals surface area contributed by atoms with Crippen molar-refractivity contribution in [1.82, 2.24) is 14.5 Å². The number of hydrogen-bond acceptors (Lipinski definition) is 3. The van der Waals surface area contributed by atoms with E-state index in [0.29, 0.717) is 11.8 Å². The van der Waals surface area contributed by atoms with Crippen LogP contribution in [-0.4, -0.2) is 33.4 Å². The minimum absolute atomic E-state index is 0.239. The highest BCUT2D eigenvalue weighted by molar-refractivity contribution is 7.10. The molecule has 0 spiro atoms. The number of carbonyl (C=O) groups excluding carboxylic acids is 1. The fraction of sp³-hybridized carbons (Fsp3) is 0.520. The van der Waals surface area contributed by atoms with E-state index < -0.39 is 0 Å². The predicted molar refractivity (Wildman–Crippen MR) is 123 cm³/mol. The van der Waals surface area contributed by atoms with E-state index in [2.05, 4.69) is 57.9 Å². The Morgan fingerprint density at radius 1 is 1.17 bits per heavy atom. The predicted octanol–water partition coefficient (Wildman–Crippen LogP) is 5.47. The molecule has 3 heterocycles. The third-order valence-electron chi connectivity index (χ3n) is 7.45. The molecule has 2 fully saturated rings. The van der Waals surface area contributed by atoms with Crippen molar-refractivity contribution in [3.8, 4) is 0 Å². The summed E-state index contributed by atoms with van der Waals surface area (Å²) in [6.07, 6.45) is 8.54. The summed E-state index contributed by atoms with van der Waals surface area (Å²) >= 11 is 1.76. The van der Waals surface area contributed by atoms with Gasteiger partial charge in [-0.25, -0.2) is 4.98 Å². The molecule has 30 heavy (non-hydrogen) atoms. The molecule has 0 radical (unpaired) electrons.